The fourth-order valence-corrected chi connectivity index (χ4v) is 10.7. The first-order chi connectivity index (χ1) is 43.0. The second-order valence-electron chi connectivity index (χ2n) is 24.4. The van der Waals surface area contributed by atoms with Crippen LogP contribution in [0.15, 0.2) is 15.0 Å². The number of carbonyl (C=O) groups is 7. The summed E-state index contributed by atoms with van der Waals surface area (Å²) in [5, 5.41) is 13.9. The SMILES string of the molecule is CCCCCCCCCCCCCCCCCCCC(=O)NCCN(CCNC(=O)CCCCCCCCCCCCCCCCCCC)C(=O)CCC(=O)N[C@@H](CCCN=C(N)N)C(=O)N[C@@H](CCCN=C(N)N)C(=O)N[C@@H](CCCN=C(N)N)C(N)=O. The number of guanidine groups is 3. The van der Waals surface area contributed by atoms with Crippen LogP contribution < -0.4 is 66.7 Å². The number of hydrogen-bond donors (Lipinski definition) is 12. The van der Waals surface area contributed by atoms with Gasteiger partial charge in [0.2, 0.25) is 41.4 Å². The van der Waals surface area contributed by atoms with Crippen molar-refractivity contribution in [1.82, 2.24) is 31.5 Å². The molecule has 7 amide bonds. The minimum absolute atomic E-state index is 0.0346. The molecule has 23 heteroatoms. The van der Waals surface area contributed by atoms with Gasteiger partial charge in [-0.15, -0.1) is 0 Å². The van der Waals surface area contributed by atoms with Crippen LogP contribution in [0.2, 0.25) is 0 Å². The van der Waals surface area contributed by atoms with Crippen molar-refractivity contribution < 1.29 is 33.6 Å². The van der Waals surface area contributed by atoms with E-state index in [4.69, 9.17) is 40.1 Å². The van der Waals surface area contributed by atoms with E-state index in [1.165, 1.54) is 185 Å². The summed E-state index contributed by atoms with van der Waals surface area (Å²) in [7, 11) is 0. The largest absolute Gasteiger partial charge is 0.370 e. The molecule has 3 atom stereocenters. The van der Waals surface area contributed by atoms with Crippen molar-refractivity contribution in [3.8, 4) is 0 Å². The molecule has 0 aromatic rings. The lowest BCUT2D eigenvalue weighted by molar-refractivity contribution is -0.135. The van der Waals surface area contributed by atoms with Gasteiger partial charge >= 0.3 is 0 Å². The molecule has 0 unspecified atom stereocenters. The highest BCUT2D eigenvalue weighted by molar-refractivity contribution is 5.94. The summed E-state index contributed by atoms with van der Waals surface area (Å²) in [6.07, 6.45) is 44.0. The molecular formula is C66H130N16O7. The quantitative estimate of drug-likeness (QED) is 0.0156. The molecule has 0 rings (SSSR count). The van der Waals surface area contributed by atoms with Crippen molar-refractivity contribution >= 4 is 59.2 Å². The van der Waals surface area contributed by atoms with E-state index in [2.05, 4.69) is 55.4 Å². The molecule has 0 aliphatic heterocycles. The van der Waals surface area contributed by atoms with Crippen LogP contribution in [-0.4, -0.2) is 128 Å². The topological polar surface area (TPSA) is 402 Å². The zero-order chi connectivity index (χ0) is 65.8. The number of hydrogen-bond acceptors (Lipinski definition) is 10. The van der Waals surface area contributed by atoms with E-state index >= 15 is 0 Å². The minimum atomic E-state index is -1.22. The second-order valence-corrected chi connectivity index (χ2v) is 24.4. The van der Waals surface area contributed by atoms with Gasteiger partial charge in [-0.25, -0.2) is 0 Å². The number of amides is 7. The zero-order valence-corrected chi connectivity index (χ0v) is 56.0. The van der Waals surface area contributed by atoms with E-state index in [0.29, 0.717) is 19.3 Å². The van der Waals surface area contributed by atoms with Crippen molar-refractivity contribution in [3.63, 3.8) is 0 Å². The highest BCUT2D eigenvalue weighted by Gasteiger charge is 2.29. The number of aliphatic imine (C=N–C) groups is 3. The average Bonchev–Trinajstić information content (AvgIpc) is 3.69. The number of nitrogens with zero attached hydrogens (tertiary/aromatic N) is 4. The Morgan fingerprint density at radius 2 is 0.607 bits per heavy atom. The number of unbranched alkanes of at least 4 members (excludes halogenated alkanes) is 32. The standard InChI is InChI=1S/C66H130N16O7/c1-3-5-7-9-11-13-15-17-19-21-23-25-27-29-31-33-35-43-57(83)74-50-52-82(53-51-75-58(84)44-36-34-32-30-28-26-24-22-20-18-16-14-12-10-8-6-4-2)60(86)46-45-59(85)79-55(41-38-48-77-65(70)71)62(88)81-56(42-39-49-78-66(72)73)63(89)80-54(61(67)87)40-37-47-76-64(68)69/h54-56H,3-53H2,1-2H3,(H2,67,87)(H,74,83)(H,75,84)(H,79,85)(H,80,89)(H,81,88)(H4,68,69,76)(H4,70,71,77)(H4,72,73,78)/t54-,55-,56-/m0/s1. The van der Waals surface area contributed by atoms with Crippen LogP contribution in [0, 0.1) is 0 Å². The Bertz CT molecular complexity index is 1870. The van der Waals surface area contributed by atoms with Gasteiger partial charge in [0, 0.05) is 71.5 Å². The van der Waals surface area contributed by atoms with Crippen molar-refractivity contribution in [2.45, 2.75) is 314 Å². The van der Waals surface area contributed by atoms with Gasteiger partial charge < -0.3 is 71.6 Å². The molecule has 23 nitrogen and oxygen atoms in total. The molecule has 516 valence electrons. The van der Waals surface area contributed by atoms with Crippen LogP contribution >= 0.6 is 0 Å². The van der Waals surface area contributed by atoms with Crippen molar-refractivity contribution in [1.29, 1.82) is 0 Å². The molecule has 0 bridgehead atoms. The highest BCUT2D eigenvalue weighted by Crippen LogP contribution is 2.17. The molecular weight excluding hydrogens is 1130 g/mol. The van der Waals surface area contributed by atoms with Gasteiger partial charge in [-0.05, 0) is 51.4 Å². The normalized spacial score (nSPS) is 12.0. The number of nitrogens with two attached hydrogens (primary N) is 7. The monoisotopic (exact) mass is 1260 g/mol. The number of nitrogens with one attached hydrogen (secondary N) is 5. The highest BCUT2D eigenvalue weighted by atomic mass is 16.2. The third-order valence-electron chi connectivity index (χ3n) is 16.1. The molecule has 89 heavy (non-hydrogen) atoms. The van der Waals surface area contributed by atoms with E-state index in [1.54, 1.807) is 0 Å². The first-order valence-electron chi connectivity index (χ1n) is 35.2. The average molecular weight is 1260 g/mol. The molecule has 0 aliphatic rings. The number of carbonyl (C=O) groups excluding carboxylic acids is 7. The molecule has 0 heterocycles. The summed E-state index contributed by atoms with van der Waals surface area (Å²) in [4.78, 5) is 107. The van der Waals surface area contributed by atoms with Crippen molar-refractivity contribution in [3.05, 3.63) is 0 Å². The predicted molar refractivity (Wildman–Crippen MR) is 364 cm³/mol. The Hall–Kier alpha value is -5.90. The number of primary amides is 1. The molecule has 0 saturated carbocycles. The van der Waals surface area contributed by atoms with Crippen LogP contribution in [0.1, 0.15) is 296 Å². The fraction of sp³-hybridized carbons (Fsp3) is 0.848. The van der Waals surface area contributed by atoms with Crippen molar-refractivity contribution in [2.24, 2.45) is 55.1 Å². The van der Waals surface area contributed by atoms with E-state index in [1.807, 2.05) is 0 Å². The lowest BCUT2D eigenvalue weighted by Crippen LogP contribution is -2.56. The zero-order valence-electron chi connectivity index (χ0n) is 56.0. The summed E-state index contributed by atoms with van der Waals surface area (Å²) in [5.41, 5.74) is 38.5. The molecule has 0 aromatic heterocycles. The molecule has 19 N–H and O–H groups in total. The Morgan fingerprint density at radius 3 is 0.910 bits per heavy atom. The molecule has 0 saturated heterocycles. The van der Waals surface area contributed by atoms with Gasteiger partial charge in [0.05, 0.1) is 0 Å². The van der Waals surface area contributed by atoms with Crippen LogP contribution in [0.25, 0.3) is 0 Å². The molecule has 0 aromatic carbocycles. The minimum Gasteiger partial charge on any atom is -0.370 e. The van der Waals surface area contributed by atoms with Gasteiger partial charge in [-0.1, -0.05) is 219 Å². The van der Waals surface area contributed by atoms with Gasteiger partial charge in [-0.2, -0.15) is 0 Å². The van der Waals surface area contributed by atoms with E-state index in [-0.39, 0.29) is 126 Å². The lowest BCUT2D eigenvalue weighted by atomic mass is 10.0. The molecule has 0 radical (unpaired) electrons. The van der Waals surface area contributed by atoms with Gasteiger partial charge in [0.1, 0.15) is 18.1 Å². The summed E-state index contributed by atoms with van der Waals surface area (Å²) in [6, 6.07) is -3.54. The van der Waals surface area contributed by atoms with Crippen LogP contribution in [0.3, 0.4) is 0 Å². The Kier molecular flexibility index (Phi) is 55.7. The maximum Gasteiger partial charge on any atom is 0.243 e. The maximum absolute atomic E-state index is 14.0. The fourth-order valence-electron chi connectivity index (χ4n) is 10.7. The number of rotatable bonds is 63. The molecule has 0 spiro atoms. The molecule has 0 aliphatic carbocycles. The molecule has 0 fully saturated rings. The summed E-state index contributed by atoms with van der Waals surface area (Å²) >= 11 is 0. The first-order valence-corrected chi connectivity index (χ1v) is 35.2. The first kappa shape index (κ1) is 83.1. The summed E-state index contributed by atoms with van der Waals surface area (Å²) < 4.78 is 0. The summed E-state index contributed by atoms with van der Waals surface area (Å²) in [5.74, 6) is -3.89. The van der Waals surface area contributed by atoms with Gasteiger partial charge in [0.15, 0.2) is 17.9 Å². The van der Waals surface area contributed by atoms with E-state index in [9.17, 15) is 33.6 Å². The Labute approximate surface area is 537 Å². The predicted octanol–water partition coefficient (Wildman–Crippen LogP) is 8.01. The van der Waals surface area contributed by atoms with E-state index in [0.717, 1.165) is 38.5 Å². The van der Waals surface area contributed by atoms with Crippen molar-refractivity contribution in [2.75, 3.05) is 45.8 Å². The Balaban J connectivity index is 5.58. The van der Waals surface area contributed by atoms with Crippen LogP contribution in [0.5, 0.6) is 0 Å². The third-order valence-corrected chi connectivity index (χ3v) is 16.1. The van der Waals surface area contributed by atoms with Gasteiger partial charge in [-0.3, -0.25) is 48.5 Å². The van der Waals surface area contributed by atoms with E-state index < -0.39 is 41.8 Å². The second kappa shape index (κ2) is 59.7. The third kappa shape index (κ3) is 54.7. The lowest BCUT2D eigenvalue weighted by Gasteiger charge is -2.25. The van der Waals surface area contributed by atoms with Crippen LogP contribution in [0.4, 0.5) is 0 Å². The van der Waals surface area contributed by atoms with Gasteiger partial charge in [0.25, 0.3) is 0 Å². The smallest absolute Gasteiger partial charge is 0.243 e. The summed E-state index contributed by atoms with van der Waals surface area (Å²) in [6.45, 7) is 5.67. The maximum atomic E-state index is 14.0. The Morgan fingerprint density at radius 1 is 0.326 bits per heavy atom. The van der Waals surface area contributed by atoms with Crippen LogP contribution in [-0.2, 0) is 33.6 Å².